The summed E-state index contributed by atoms with van der Waals surface area (Å²) in [5.74, 6) is 0. The van der Waals surface area contributed by atoms with Crippen molar-refractivity contribution in [3.05, 3.63) is 59.5 Å². The predicted octanol–water partition coefficient (Wildman–Crippen LogP) is 5.38. The molecule has 0 fully saturated rings. The largest absolute Gasteiger partial charge is 0.416 e. The third-order valence-corrected chi connectivity index (χ3v) is 6.93. The van der Waals surface area contributed by atoms with E-state index in [9.17, 15) is 13.2 Å². The van der Waals surface area contributed by atoms with E-state index in [1.54, 1.807) is 17.5 Å². The Morgan fingerprint density at radius 3 is 2.55 bits per heavy atom. The van der Waals surface area contributed by atoms with Crippen LogP contribution >= 0.6 is 22.7 Å². The number of benzene rings is 1. The Labute approximate surface area is 185 Å². The van der Waals surface area contributed by atoms with Crippen molar-refractivity contribution in [3.8, 4) is 9.88 Å². The van der Waals surface area contributed by atoms with E-state index < -0.39 is 11.7 Å². The third kappa shape index (κ3) is 5.03. The molecule has 0 saturated carbocycles. The zero-order chi connectivity index (χ0) is 22.0. The molecule has 0 saturated heterocycles. The molecule has 3 aromatic heterocycles. The first-order chi connectivity index (χ1) is 14.8. The first kappa shape index (κ1) is 21.7. The van der Waals surface area contributed by atoms with Gasteiger partial charge in [-0.3, -0.25) is 4.98 Å². The molecular weight excluding hydrogens is 443 g/mol. The Bertz CT molecular complexity index is 1130. The van der Waals surface area contributed by atoms with Gasteiger partial charge in [-0.1, -0.05) is 30.4 Å². The molecule has 1 aromatic carbocycles. The second kappa shape index (κ2) is 8.89. The van der Waals surface area contributed by atoms with E-state index in [1.165, 1.54) is 23.5 Å². The minimum atomic E-state index is -4.33. The number of aromatic nitrogens is 3. The van der Waals surface area contributed by atoms with Gasteiger partial charge in [0.25, 0.3) is 0 Å². The van der Waals surface area contributed by atoms with Crippen molar-refractivity contribution in [1.29, 1.82) is 0 Å². The lowest BCUT2D eigenvalue weighted by molar-refractivity contribution is -0.137. The highest BCUT2D eigenvalue weighted by molar-refractivity contribution is 7.26. The number of pyridine rings is 1. The topological polar surface area (TPSA) is 76.7 Å². The van der Waals surface area contributed by atoms with Gasteiger partial charge in [-0.15, -0.1) is 11.3 Å². The number of thiazole rings is 2. The van der Waals surface area contributed by atoms with Gasteiger partial charge in [0, 0.05) is 25.0 Å². The molecule has 0 spiro atoms. The summed E-state index contributed by atoms with van der Waals surface area (Å²) in [7, 11) is 0. The average Bonchev–Trinajstić information content (AvgIpc) is 3.35. The van der Waals surface area contributed by atoms with Crippen LogP contribution in [0, 0.1) is 0 Å². The molecule has 3 heterocycles. The Morgan fingerprint density at radius 2 is 1.87 bits per heavy atom. The zero-order valence-corrected chi connectivity index (χ0v) is 18.2. The molecule has 1 atom stereocenters. The van der Waals surface area contributed by atoms with Gasteiger partial charge in [0.05, 0.1) is 26.4 Å². The first-order valence-electron chi connectivity index (χ1n) is 9.69. The number of nitrogens with one attached hydrogen (secondary N) is 1. The van der Waals surface area contributed by atoms with E-state index in [2.05, 4.69) is 15.3 Å². The highest BCUT2D eigenvalue weighted by Crippen LogP contribution is 2.37. The fraction of sp³-hybridized carbons (Fsp3) is 0.286. The van der Waals surface area contributed by atoms with E-state index >= 15 is 0 Å². The molecule has 31 heavy (non-hydrogen) atoms. The summed E-state index contributed by atoms with van der Waals surface area (Å²) in [5, 5.41) is 4.94. The van der Waals surface area contributed by atoms with Gasteiger partial charge in [0.15, 0.2) is 5.13 Å². The van der Waals surface area contributed by atoms with Gasteiger partial charge in [-0.25, -0.2) is 9.97 Å². The maximum atomic E-state index is 12.7. The number of halogens is 3. The highest BCUT2D eigenvalue weighted by Gasteiger charge is 2.30. The summed E-state index contributed by atoms with van der Waals surface area (Å²) in [6.07, 6.45) is 0.447. The number of rotatable bonds is 7. The molecule has 0 aliphatic heterocycles. The normalized spacial score (nSPS) is 12.9. The van der Waals surface area contributed by atoms with Crippen LogP contribution < -0.4 is 11.1 Å². The second-order valence-corrected chi connectivity index (χ2v) is 9.08. The zero-order valence-electron chi connectivity index (χ0n) is 16.6. The van der Waals surface area contributed by atoms with E-state index in [-0.39, 0.29) is 6.04 Å². The number of alkyl halides is 3. The second-order valence-electron chi connectivity index (χ2n) is 7.05. The fourth-order valence-corrected chi connectivity index (χ4v) is 5.22. The molecule has 162 valence electrons. The number of hydrogen-bond acceptors (Lipinski definition) is 7. The van der Waals surface area contributed by atoms with E-state index in [4.69, 9.17) is 10.7 Å². The van der Waals surface area contributed by atoms with Crippen LogP contribution in [-0.2, 0) is 19.0 Å². The van der Waals surface area contributed by atoms with Crippen molar-refractivity contribution in [1.82, 2.24) is 15.0 Å². The summed E-state index contributed by atoms with van der Waals surface area (Å²) in [5.41, 5.74) is 8.18. The molecule has 0 unspecified atom stereocenters. The first-order valence-corrected chi connectivity index (χ1v) is 11.3. The Morgan fingerprint density at radius 1 is 1.10 bits per heavy atom. The third-order valence-electron chi connectivity index (χ3n) is 4.71. The van der Waals surface area contributed by atoms with Crippen LogP contribution in [0.15, 0.2) is 42.7 Å². The highest BCUT2D eigenvalue weighted by atomic mass is 32.1. The maximum Gasteiger partial charge on any atom is 0.416 e. The average molecular weight is 464 g/mol. The van der Waals surface area contributed by atoms with E-state index in [0.717, 1.165) is 55.0 Å². The number of nitrogens with zero attached hydrogens (tertiary/aromatic N) is 3. The Balaban J connectivity index is 1.41. The number of aryl methyl sites for hydroxylation is 1. The number of fused-ring (bicyclic) bond motifs is 1. The molecule has 0 bridgehead atoms. The van der Waals surface area contributed by atoms with Crippen molar-refractivity contribution in [2.75, 3.05) is 11.9 Å². The molecule has 10 heteroatoms. The molecule has 4 aromatic rings. The van der Waals surface area contributed by atoms with Crippen molar-refractivity contribution in [2.24, 2.45) is 5.73 Å². The quantitative estimate of drug-likeness (QED) is 0.385. The van der Waals surface area contributed by atoms with Crippen molar-refractivity contribution < 1.29 is 13.2 Å². The van der Waals surface area contributed by atoms with Crippen LogP contribution in [0.5, 0.6) is 0 Å². The minimum Gasteiger partial charge on any atom is -0.360 e. The molecule has 5 nitrogen and oxygen atoms in total. The van der Waals surface area contributed by atoms with Crippen LogP contribution in [0.2, 0.25) is 0 Å². The lowest BCUT2D eigenvalue weighted by atomic mass is 10.0. The van der Waals surface area contributed by atoms with Gasteiger partial charge in [-0.05, 0) is 36.6 Å². The number of anilines is 1. The van der Waals surface area contributed by atoms with Crippen LogP contribution in [0.25, 0.3) is 20.1 Å². The SMILES string of the molecule is CCc1nc(NC[C@H](N)Cc2ccc(C(F)(F)F)cc2)sc1-c1nc2ccncc2s1. The number of nitrogens with two attached hydrogens (primary N) is 1. The van der Waals surface area contributed by atoms with E-state index in [1.807, 2.05) is 19.2 Å². The molecule has 4 rings (SSSR count). The van der Waals surface area contributed by atoms with Gasteiger partial charge in [0.1, 0.15) is 5.01 Å². The van der Waals surface area contributed by atoms with Gasteiger partial charge >= 0.3 is 6.18 Å². The molecular formula is C21H20F3N5S2. The summed E-state index contributed by atoms with van der Waals surface area (Å²) < 4.78 is 39.1. The van der Waals surface area contributed by atoms with E-state index in [0.29, 0.717) is 13.0 Å². The summed E-state index contributed by atoms with van der Waals surface area (Å²) in [6, 6.07) is 6.75. The smallest absolute Gasteiger partial charge is 0.360 e. The summed E-state index contributed by atoms with van der Waals surface area (Å²) >= 11 is 3.12. The Kier molecular flexibility index (Phi) is 6.22. The van der Waals surface area contributed by atoms with Crippen molar-refractivity contribution in [2.45, 2.75) is 32.0 Å². The van der Waals surface area contributed by atoms with Crippen molar-refractivity contribution in [3.63, 3.8) is 0 Å². The molecule has 0 aliphatic rings. The van der Waals surface area contributed by atoms with Gasteiger partial charge in [0.2, 0.25) is 0 Å². The predicted molar refractivity (Wildman–Crippen MR) is 120 cm³/mol. The van der Waals surface area contributed by atoms with Crippen LogP contribution in [-0.4, -0.2) is 27.5 Å². The fourth-order valence-electron chi connectivity index (χ4n) is 3.13. The van der Waals surface area contributed by atoms with Crippen molar-refractivity contribution >= 4 is 38.0 Å². The summed E-state index contributed by atoms with van der Waals surface area (Å²) in [4.78, 5) is 14.5. The van der Waals surface area contributed by atoms with Crippen LogP contribution in [0.1, 0.15) is 23.7 Å². The van der Waals surface area contributed by atoms with Crippen LogP contribution in [0.3, 0.4) is 0 Å². The van der Waals surface area contributed by atoms with Gasteiger partial charge in [-0.2, -0.15) is 13.2 Å². The monoisotopic (exact) mass is 463 g/mol. The molecule has 0 amide bonds. The lowest BCUT2D eigenvalue weighted by Gasteiger charge is -2.13. The summed E-state index contributed by atoms with van der Waals surface area (Å²) in [6.45, 7) is 2.51. The standard InChI is InChI=1S/C21H20F3N5S2/c1-2-15-18(19-28-16-7-8-26-11-17(16)30-19)31-20(29-15)27-10-14(25)9-12-3-5-13(6-4-12)21(22,23)24/h3-8,11,14H,2,9-10,25H2,1H3,(H,27,29)/t14-/m1/s1. The maximum absolute atomic E-state index is 12.7. The molecule has 3 N–H and O–H groups in total. The van der Waals surface area contributed by atoms with Crippen LogP contribution in [0.4, 0.5) is 18.3 Å². The minimum absolute atomic E-state index is 0.261. The molecule has 0 radical (unpaired) electrons. The Hall–Kier alpha value is -2.56. The molecule has 0 aliphatic carbocycles. The number of hydrogen-bond donors (Lipinski definition) is 2. The lowest BCUT2D eigenvalue weighted by Crippen LogP contribution is -2.31. The van der Waals surface area contributed by atoms with Gasteiger partial charge < -0.3 is 11.1 Å².